The lowest BCUT2D eigenvalue weighted by Gasteiger charge is -2.24. The van der Waals surface area contributed by atoms with Crippen molar-refractivity contribution in [3.8, 4) is 0 Å². The predicted octanol–water partition coefficient (Wildman–Crippen LogP) is 6.78. The SMILES string of the molecule is O=C(Nc1ccc([C@@H]2CNCCO2)cc1)c1ccc(Cl)cc1F.O=C(Nc1ccc([C@H]2CNCCO2)cc1)c1ccc(Cl)cc1F. The third kappa shape index (κ3) is 9.10. The van der Waals surface area contributed by atoms with Crippen LogP contribution in [0.5, 0.6) is 0 Å². The Hall–Kier alpha value is -3.90. The molecule has 2 atom stereocenters. The second-order valence-corrected chi connectivity index (χ2v) is 11.4. The van der Waals surface area contributed by atoms with Crippen LogP contribution in [0.15, 0.2) is 84.9 Å². The van der Waals surface area contributed by atoms with Gasteiger partial charge in [0.05, 0.1) is 36.5 Å². The van der Waals surface area contributed by atoms with Crippen molar-refractivity contribution in [3.63, 3.8) is 0 Å². The first-order chi connectivity index (χ1) is 22.3. The van der Waals surface area contributed by atoms with Gasteiger partial charge >= 0.3 is 0 Å². The monoisotopic (exact) mass is 668 g/mol. The minimum atomic E-state index is -0.645. The maximum Gasteiger partial charge on any atom is 0.258 e. The van der Waals surface area contributed by atoms with Gasteiger partial charge in [-0.1, -0.05) is 47.5 Å². The molecule has 2 heterocycles. The van der Waals surface area contributed by atoms with Crippen LogP contribution in [0, 0.1) is 11.6 Å². The molecule has 0 saturated carbocycles. The average Bonchev–Trinajstić information content (AvgIpc) is 3.06. The summed E-state index contributed by atoms with van der Waals surface area (Å²) in [6.45, 7) is 4.61. The summed E-state index contributed by atoms with van der Waals surface area (Å²) < 4.78 is 38.8. The summed E-state index contributed by atoms with van der Waals surface area (Å²) in [5.74, 6) is -2.31. The topological polar surface area (TPSA) is 101 Å². The zero-order valence-electron chi connectivity index (χ0n) is 24.6. The van der Waals surface area contributed by atoms with Crippen LogP contribution in [0.3, 0.4) is 0 Å². The van der Waals surface area contributed by atoms with Gasteiger partial charge in [0.15, 0.2) is 0 Å². The van der Waals surface area contributed by atoms with E-state index in [4.69, 9.17) is 32.7 Å². The molecule has 8 nitrogen and oxygen atoms in total. The molecule has 2 saturated heterocycles. The summed E-state index contributed by atoms with van der Waals surface area (Å²) in [4.78, 5) is 24.2. The van der Waals surface area contributed by atoms with Gasteiger partial charge in [0.2, 0.25) is 0 Å². The van der Waals surface area contributed by atoms with Crippen molar-refractivity contribution < 1.29 is 27.8 Å². The third-order valence-corrected chi connectivity index (χ3v) is 7.76. The molecule has 0 aromatic heterocycles. The zero-order chi connectivity index (χ0) is 32.5. The molecule has 12 heteroatoms. The Balaban J connectivity index is 0.000000181. The molecule has 0 bridgehead atoms. The quantitative estimate of drug-likeness (QED) is 0.181. The number of carbonyl (C=O) groups excluding carboxylic acids is 2. The molecule has 2 amide bonds. The zero-order valence-corrected chi connectivity index (χ0v) is 26.1. The standard InChI is InChI=1S/2C17H16ClFN2O2/c2*18-12-3-6-14(15(19)9-12)17(22)21-13-4-1-11(2-5-13)16-10-20-7-8-23-16/h2*1-6,9,16,20H,7-8,10H2,(H,21,22)/t2*16-/m10/s1. The number of rotatable bonds is 6. The number of halogens is 4. The van der Waals surface area contributed by atoms with E-state index in [1.165, 1.54) is 24.3 Å². The molecule has 0 unspecified atom stereocenters. The molecule has 240 valence electrons. The van der Waals surface area contributed by atoms with E-state index in [1.54, 1.807) is 24.3 Å². The highest BCUT2D eigenvalue weighted by atomic mass is 35.5. The number of nitrogens with one attached hydrogen (secondary N) is 4. The van der Waals surface area contributed by atoms with Crippen LogP contribution in [0.25, 0.3) is 0 Å². The summed E-state index contributed by atoms with van der Waals surface area (Å²) in [7, 11) is 0. The summed E-state index contributed by atoms with van der Waals surface area (Å²) in [5.41, 5.74) is 3.17. The van der Waals surface area contributed by atoms with Crippen molar-refractivity contribution >= 4 is 46.4 Å². The Morgan fingerprint density at radius 2 is 1.02 bits per heavy atom. The molecule has 2 aliphatic heterocycles. The molecule has 0 radical (unpaired) electrons. The van der Waals surface area contributed by atoms with Gasteiger partial charge in [-0.2, -0.15) is 0 Å². The predicted molar refractivity (Wildman–Crippen MR) is 175 cm³/mol. The van der Waals surface area contributed by atoms with Crippen LogP contribution in [0.1, 0.15) is 44.1 Å². The van der Waals surface area contributed by atoms with Crippen molar-refractivity contribution in [2.45, 2.75) is 12.2 Å². The molecule has 4 aromatic rings. The smallest absolute Gasteiger partial charge is 0.258 e. The molecule has 46 heavy (non-hydrogen) atoms. The van der Waals surface area contributed by atoms with E-state index in [-0.39, 0.29) is 33.4 Å². The number of morpholine rings is 2. The Morgan fingerprint density at radius 1 is 0.630 bits per heavy atom. The van der Waals surface area contributed by atoms with Gasteiger partial charge in [0.1, 0.15) is 11.6 Å². The van der Waals surface area contributed by atoms with Gasteiger partial charge < -0.3 is 30.7 Å². The van der Waals surface area contributed by atoms with Gasteiger partial charge in [-0.05, 0) is 71.8 Å². The van der Waals surface area contributed by atoms with E-state index < -0.39 is 23.4 Å². The number of amides is 2. The molecule has 2 aliphatic rings. The van der Waals surface area contributed by atoms with Gasteiger partial charge in [-0.25, -0.2) is 8.78 Å². The van der Waals surface area contributed by atoms with E-state index in [2.05, 4.69) is 21.3 Å². The Morgan fingerprint density at radius 3 is 1.35 bits per heavy atom. The Bertz CT molecular complexity index is 1520. The van der Waals surface area contributed by atoms with Crippen LogP contribution in [0.4, 0.5) is 20.2 Å². The summed E-state index contributed by atoms with van der Waals surface area (Å²) >= 11 is 11.4. The first-order valence-corrected chi connectivity index (χ1v) is 15.4. The molecular formula is C34H32Cl2F2N4O4. The van der Waals surface area contributed by atoms with Gasteiger partial charge in [-0.15, -0.1) is 0 Å². The third-order valence-electron chi connectivity index (χ3n) is 7.29. The maximum atomic E-state index is 13.7. The van der Waals surface area contributed by atoms with E-state index in [9.17, 15) is 18.4 Å². The molecular weight excluding hydrogens is 637 g/mol. The molecule has 0 aliphatic carbocycles. The van der Waals surface area contributed by atoms with Crippen molar-refractivity contribution in [2.24, 2.45) is 0 Å². The van der Waals surface area contributed by atoms with Crippen LogP contribution in [-0.4, -0.2) is 51.2 Å². The number of benzene rings is 4. The minimum absolute atomic E-state index is 0.0159. The van der Waals surface area contributed by atoms with Crippen molar-refractivity contribution in [1.82, 2.24) is 10.6 Å². The first-order valence-electron chi connectivity index (χ1n) is 14.6. The molecule has 0 spiro atoms. The highest BCUT2D eigenvalue weighted by Crippen LogP contribution is 2.23. The fourth-order valence-corrected chi connectivity index (χ4v) is 5.18. The van der Waals surface area contributed by atoms with Crippen molar-refractivity contribution in [1.29, 1.82) is 0 Å². The van der Waals surface area contributed by atoms with Gasteiger partial charge in [0, 0.05) is 47.6 Å². The minimum Gasteiger partial charge on any atom is -0.371 e. The summed E-state index contributed by atoms with van der Waals surface area (Å²) in [5, 5.41) is 12.4. The second kappa shape index (κ2) is 16.1. The first kappa shape index (κ1) is 33.5. The van der Waals surface area contributed by atoms with Crippen molar-refractivity contribution in [2.75, 3.05) is 50.0 Å². The number of ether oxygens (including phenoxy) is 2. The van der Waals surface area contributed by atoms with Crippen LogP contribution >= 0.6 is 23.2 Å². The van der Waals surface area contributed by atoms with Crippen LogP contribution in [-0.2, 0) is 9.47 Å². The van der Waals surface area contributed by atoms with Crippen molar-refractivity contribution in [3.05, 3.63) is 129 Å². The lowest BCUT2D eigenvalue weighted by molar-refractivity contribution is 0.0276. The summed E-state index contributed by atoms with van der Waals surface area (Å²) in [6.07, 6.45) is 0.0319. The van der Waals surface area contributed by atoms with E-state index in [0.29, 0.717) is 24.6 Å². The normalized spacial score (nSPS) is 17.7. The van der Waals surface area contributed by atoms with E-state index in [1.807, 2.05) is 24.3 Å². The number of anilines is 2. The number of carbonyl (C=O) groups is 2. The highest BCUT2D eigenvalue weighted by molar-refractivity contribution is 6.31. The fraction of sp³-hybridized carbons (Fsp3) is 0.235. The van der Waals surface area contributed by atoms with E-state index >= 15 is 0 Å². The number of hydrogen-bond acceptors (Lipinski definition) is 6. The fourth-order valence-electron chi connectivity index (χ4n) is 4.87. The summed E-state index contributed by atoms with van der Waals surface area (Å²) in [6, 6.07) is 22.6. The lowest BCUT2D eigenvalue weighted by Crippen LogP contribution is -2.33. The average molecular weight is 670 g/mol. The van der Waals surface area contributed by atoms with Gasteiger partial charge in [-0.3, -0.25) is 9.59 Å². The highest BCUT2D eigenvalue weighted by Gasteiger charge is 2.18. The molecule has 4 aromatic carbocycles. The Labute approximate surface area is 275 Å². The number of hydrogen-bond donors (Lipinski definition) is 4. The Kier molecular flexibility index (Phi) is 11.7. The lowest BCUT2D eigenvalue weighted by atomic mass is 10.1. The van der Waals surface area contributed by atoms with E-state index in [0.717, 1.165) is 49.4 Å². The molecule has 2 fully saturated rings. The maximum absolute atomic E-state index is 13.7. The van der Waals surface area contributed by atoms with Crippen LogP contribution in [0.2, 0.25) is 10.0 Å². The second-order valence-electron chi connectivity index (χ2n) is 10.5. The molecule has 6 rings (SSSR count). The van der Waals surface area contributed by atoms with Crippen LogP contribution < -0.4 is 21.3 Å². The molecule has 4 N–H and O–H groups in total. The largest absolute Gasteiger partial charge is 0.371 e. The van der Waals surface area contributed by atoms with Gasteiger partial charge in [0.25, 0.3) is 11.8 Å².